The molecule has 0 saturated carbocycles. The molecule has 0 aromatic heterocycles. The molecule has 14 heteroatoms. The zero-order valence-corrected chi connectivity index (χ0v) is 43.5. The third-order valence-corrected chi connectivity index (χ3v) is 11.9. The Bertz CT molecular complexity index is 1410. The summed E-state index contributed by atoms with van der Waals surface area (Å²) in [7, 11) is 0. The van der Waals surface area contributed by atoms with Gasteiger partial charge in [0.05, 0.1) is 132 Å². The number of alkyl carbamates (subject to hydrolysis) is 1. The lowest BCUT2D eigenvalue weighted by Gasteiger charge is -2.14. The van der Waals surface area contributed by atoms with Crippen LogP contribution in [-0.4, -0.2) is 165 Å². The van der Waals surface area contributed by atoms with Gasteiger partial charge in [-0.3, -0.25) is 0 Å². The Labute approximate surface area is 423 Å². The molecule has 0 radical (unpaired) electrons. The van der Waals surface area contributed by atoms with Crippen molar-refractivity contribution in [2.45, 2.75) is 122 Å². The van der Waals surface area contributed by atoms with Gasteiger partial charge in [-0.25, -0.2) is 4.79 Å². The van der Waals surface area contributed by atoms with Crippen molar-refractivity contribution >= 4 is 6.09 Å². The van der Waals surface area contributed by atoms with Gasteiger partial charge in [-0.15, -0.1) is 0 Å². The molecule has 0 saturated heterocycles. The molecule has 70 heavy (non-hydrogen) atoms. The fourth-order valence-corrected chi connectivity index (χ4v) is 8.07. The molecular formula is C56H95NO13. The van der Waals surface area contributed by atoms with Crippen LogP contribution in [0.3, 0.4) is 0 Å². The summed E-state index contributed by atoms with van der Waals surface area (Å²) >= 11 is 0. The van der Waals surface area contributed by atoms with Crippen molar-refractivity contribution in [3.05, 3.63) is 59.7 Å². The molecule has 0 aliphatic heterocycles. The third-order valence-electron chi connectivity index (χ3n) is 11.9. The highest BCUT2D eigenvalue weighted by Gasteiger charge is 2.29. The van der Waals surface area contributed by atoms with Crippen LogP contribution in [0.15, 0.2) is 48.5 Å². The number of ether oxygens (including phenoxy) is 12. The zero-order valence-electron chi connectivity index (χ0n) is 43.5. The second-order valence-corrected chi connectivity index (χ2v) is 17.6. The van der Waals surface area contributed by atoms with Crippen LogP contribution in [0.4, 0.5) is 4.79 Å². The predicted molar refractivity (Wildman–Crippen MR) is 276 cm³/mol. The molecule has 2 aromatic rings. The first-order valence-electron chi connectivity index (χ1n) is 27.2. The minimum atomic E-state index is -0.413. The fourth-order valence-electron chi connectivity index (χ4n) is 8.07. The van der Waals surface area contributed by atoms with Crippen molar-refractivity contribution in [3.63, 3.8) is 0 Å². The number of fused-ring (bicyclic) bond motifs is 3. The van der Waals surface area contributed by atoms with Gasteiger partial charge < -0.3 is 62.2 Å². The number of rotatable bonds is 53. The second-order valence-electron chi connectivity index (χ2n) is 17.6. The maximum absolute atomic E-state index is 12.3. The van der Waals surface area contributed by atoms with Crippen LogP contribution in [0.2, 0.25) is 0 Å². The van der Waals surface area contributed by atoms with Crippen LogP contribution in [0.1, 0.15) is 133 Å². The Hall–Kier alpha value is -2.73. The zero-order chi connectivity index (χ0) is 49.3. The number of unbranched alkanes of at least 4 members (excludes halogenated alkanes) is 15. The summed E-state index contributed by atoms with van der Waals surface area (Å²) in [6, 6.07) is 16.6. The van der Waals surface area contributed by atoms with E-state index < -0.39 is 6.09 Å². The fraction of sp³-hybridized carbons (Fsp3) is 0.768. The van der Waals surface area contributed by atoms with Gasteiger partial charge in [-0.05, 0) is 35.1 Å². The summed E-state index contributed by atoms with van der Waals surface area (Å²) in [5.74, 6) is 0.0491. The van der Waals surface area contributed by atoms with E-state index in [4.69, 9.17) is 56.8 Å². The molecule has 1 aliphatic carbocycles. The van der Waals surface area contributed by atoms with Crippen molar-refractivity contribution in [1.29, 1.82) is 0 Å². The van der Waals surface area contributed by atoms with Crippen LogP contribution in [0, 0.1) is 0 Å². The SMILES string of the molecule is CCCCCCCCCCCCCCCCCCOCCOCCOCCOCCOCCOCCOCCOCCOCCOCCOCCCNC(=O)OCC1c2ccccc2-c2ccccc21. The Morgan fingerprint density at radius 2 is 0.629 bits per heavy atom. The molecule has 402 valence electrons. The highest BCUT2D eigenvalue weighted by Crippen LogP contribution is 2.44. The van der Waals surface area contributed by atoms with Gasteiger partial charge in [0.2, 0.25) is 0 Å². The quantitative estimate of drug-likeness (QED) is 0.0630. The first kappa shape index (κ1) is 61.6. The van der Waals surface area contributed by atoms with Gasteiger partial charge in [-0.2, -0.15) is 0 Å². The van der Waals surface area contributed by atoms with Crippen molar-refractivity contribution < 1.29 is 61.6 Å². The number of carbonyl (C=O) groups excluding carboxylic acids is 1. The Kier molecular flexibility index (Phi) is 41.6. The topological polar surface area (TPSA) is 140 Å². The maximum atomic E-state index is 12.3. The lowest BCUT2D eigenvalue weighted by atomic mass is 9.98. The highest BCUT2D eigenvalue weighted by atomic mass is 16.6. The Morgan fingerprint density at radius 3 is 0.957 bits per heavy atom. The van der Waals surface area contributed by atoms with Crippen molar-refractivity contribution in [2.75, 3.05) is 159 Å². The summed E-state index contributed by atoms with van der Waals surface area (Å²) in [5, 5.41) is 2.81. The molecule has 14 nitrogen and oxygen atoms in total. The van der Waals surface area contributed by atoms with E-state index in [1.807, 2.05) is 24.3 Å². The second kappa shape index (κ2) is 47.3. The molecule has 2 aromatic carbocycles. The largest absolute Gasteiger partial charge is 0.449 e. The molecule has 0 spiro atoms. The lowest BCUT2D eigenvalue weighted by Crippen LogP contribution is -2.27. The van der Waals surface area contributed by atoms with E-state index in [1.54, 1.807) is 0 Å². The maximum Gasteiger partial charge on any atom is 0.407 e. The van der Waals surface area contributed by atoms with E-state index in [0.717, 1.165) is 13.0 Å². The lowest BCUT2D eigenvalue weighted by molar-refractivity contribution is -0.0275. The van der Waals surface area contributed by atoms with E-state index in [9.17, 15) is 4.79 Å². The van der Waals surface area contributed by atoms with Crippen molar-refractivity contribution in [3.8, 4) is 11.1 Å². The molecule has 1 amide bonds. The van der Waals surface area contributed by atoms with Gasteiger partial charge >= 0.3 is 6.09 Å². The van der Waals surface area contributed by atoms with E-state index in [2.05, 4.69) is 36.5 Å². The van der Waals surface area contributed by atoms with Crippen LogP contribution in [0.25, 0.3) is 11.1 Å². The van der Waals surface area contributed by atoms with Gasteiger partial charge in [0.15, 0.2) is 0 Å². The predicted octanol–water partition coefficient (Wildman–Crippen LogP) is 10.4. The average molecular weight is 990 g/mol. The monoisotopic (exact) mass is 990 g/mol. The molecule has 1 aliphatic rings. The molecule has 3 rings (SSSR count). The van der Waals surface area contributed by atoms with Gasteiger partial charge in [0, 0.05) is 25.7 Å². The van der Waals surface area contributed by atoms with E-state index in [-0.39, 0.29) is 5.92 Å². The summed E-state index contributed by atoms with van der Waals surface area (Å²) in [4.78, 5) is 12.3. The number of hydrogen-bond donors (Lipinski definition) is 1. The minimum absolute atomic E-state index is 0.0491. The van der Waals surface area contributed by atoms with Gasteiger partial charge in [0.25, 0.3) is 0 Å². The van der Waals surface area contributed by atoms with Crippen LogP contribution in [-0.2, 0) is 56.8 Å². The number of hydrogen-bond acceptors (Lipinski definition) is 13. The van der Waals surface area contributed by atoms with Crippen LogP contribution < -0.4 is 5.32 Å². The van der Waals surface area contributed by atoms with E-state index >= 15 is 0 Å². The van der Waals surface area contributed by atoms with Crippen molar-refractivity contribution in [2.24, 2.45) is 0 Å². The number of nitrogens with one attached hydrogen (secondary N) is 1. The summed E-state index contributed by atoms with van der Waals surface area (Å²) in [6.07, 6.45) is 22.4. The molecular weight excluding hydrogens is 895 g/mol. The van der Waals surface area contributed by atoms with Gasteiger partial charge in [0.1, 0.15) is 6.61 Å². The minimum Gasteiger partial charge on any atom is -0.449 e. The standard InChI is InChI=1S/C56H95NO13/c1-2-3-4-5-6-7-8-9-10-11-12-13-14-15-16-21-28-59-30-32-61-34-36-63-38-40-65-42-44-67-46-48-69-49-47-68-45-43-66-41-39-64-37-35-62-33-31-60-29-22-27-57-56(58)70-50-55-53-25-19-17-23-51(53)52-24-18-20-26-54(52)55/h17-20,23-26,55H,2-16,21-22,27-50H2,1H3,(H,57,58). The first-order chi connectivity index (χ1) is 34.8. The smallest absolute Gasteiger partial charge is 0.407 e. The third kappa shape index (κ3) is 33.8. The van der Waals surface area contributed by atoms with Crippen LogP contribution in [0.5, 0.6) is 0 Å². The van der Waals surface area contributed by atoms with Crippen molar-refractivity contribution in [1.82, 2.24) is 5.32 Å². The molecule has 0 fully saturated rings. The van der Waals surface area contributed by atoms with E-state index in [0.29, 0.717) is 158 Å². The summed E-state index contributed by atoms with van der Waals surface area (Å²) < 4.78 is 66.9. The molecule has 0 bridgehead atoms. The first-order valence-corrected chi connectivity index (χ1v) is 27.2. The molecule has 0 heterocycles. The summed E-state index contributed by atoms with van der Waals surface area (Å²) in [6.45, 7) is 14.8. The molecule has 0 atom stereocenters. The summed E-state index contributed by atoms with van der Waals surface area (Å²) in [5.41, 5.74) is 4.81. The van der Waals surface area contributed by atoms with Crippen LogP contribution >= 0.6 is 0 Å². The van der Waals surface area contributed by atoms with E-state index in [1.165, 1.54) is 119 Å². The number of benzene rings is 2. The Morgan fingerprint density at radius 1 is 0.357 bits per heavy atom. The number of amides is 1. The average Bonchev–Trinajstić information content (AvgIpc) is 3.70. The molecule has 0 unspecified atom stereocenters. The molecule has 1 N–H and O–H groups in total. The highest BCUT2D eigenvalue weighted by molar-refractivity contribution is 5.79. The van der Waals surface area contributed by atoms with Gasteiger partial charge in [-0.1, -0.05) is 152 Å². The normalized spacial score (nSPS) is 12.2. The number of carbonyl (C=O) groups is 1. The Balaban J connectivity index is 0.887.